The van der Waals surface area contributed by atoms with Crippen molar-refractivity contribution in [2.45, 2.75) is 40.5 Å². The van der Waals surface area contributed by atoms with Gasteiger partial charge in [-0.15, -0.1) is 0 Å². The first-order chi connectivity index (χ1) is 13.0. The molecular formula is C21H35N3O3. The summed E-state index contributed by atoms with van der Waals surface area (Å²) in [6, 6.07) is 5.55. The molecule has 1 fully saturated rings. The molecule has 0 aromatic heterocycles. The normalized spacial score (nSPS) is 15.1. The van der Waals surface area contributed by atoms with Crippen LogP contribution in [0.4, 0.5) is 10.5 Å². The Labute approximate surface area is 163 Å². The third-order valence-corrected chi connectivity index (χ3v) is 4.40. The molecule has 6 heteroatoms. The van der Waals surface area contributed by atoms with Gasteiger partial charge in [0.05, 0.1) is 13.2 Å². The molecule has 0 aliphatic carbocycles. The van der Waals surface area contributed by atoms with Crippen molar-refractivity contribution in [2.24, 2.45) is 5.92 Å². The molecule has 0 saturated carbocycles. The molecule has 152 valence electrons. The molecule has 2 rings (SSSR count). The summed E-state index contributed by atoms with van der Waals surface area (Å²) in [6.45, 7) is 14.3. The Bertz CT molecular complexity index is 584. The van der Waals surface area contributed by atoms with Crippen LogP contribution in [0.15, 0.2) is 18.2 Å². The van der Waals surface area contributed by atoms with Crippen LogP contribution < -0.4 is 14.8 Å². The average molecular weight is 378 g/mol. The van der Waals surface area contributed by atoms with Gasteiger partial charge >= 0.3 is 6.03 Å². The maximum atomic E-state index is 12.6. The van der Waals surface area contributed by atoms with Crippen molar-refractivity contribution < 1.29 is 14.3 Å². The van der Waals surface area contributed by atoms with Gasteiger partial charge in [0, 0.05) is 44.5 Å². The number of hydrogen-bond donors (Lipinski definition) is 1. The van der Waals surface area contributed by atoms with Crippen LogP contribution >= 0.6 is 0 Å². The molecule has 0 spiro atoms. The van der Waals surface area contributed by atoms with E-state index in [0.717, 1.165) is 57.0 Å². The third kappa shape index (κ3) is 6.94. The third-order valence-electron chi connectivity index (χ3n) is 4.40. The Morgan fingerprint density at radius 1 is 1.04 bits per heavy atom. The van der Waals surface area contributed by atoms with Crippen LogP contribution in [-0.2, 0) is 0 Å². The van der Waals surface area contributed by atoms with Crippen LogP contribution in [0, 0.1) is 5.92 Å². The lowest BCUT2D eigenvalue weighted by atomic mass is 10.2. The van der Waals surface area contributed by atoms with Crippen molar-refractivity contribution in [2.75, 3.05) is 51.3 Å². The van der Waals surface area contributed by atoms with Gasteiger partial charge in [0.25, 0.3) is 0 Å². The van der Waals surface area contributed by atoms with Gasteiger partial charge in [-0.25, -0.2) is 4.79 Å². The molecule has 2 amide bonds. The fraction of sp³-hybridized carbons (Fsp3) is 0.667. The Balaban J connectivity index is 1.94. The molecule has 1 N–H and O–H groups in total. The van der Waals surface area contributed by atoms with Gasteiger partial charge in [-0.05, 0) is 30.9 Å². The molecule has 1 aliphatic heterocycles. The van der Waals surface area contributed by atoms with E-state index in [2.05, 4.69) is 37.9 Å². The number of rotatable bonds is 9. The number of carbonyl (C=O) groups excluding carboxylic acids is 1. The number of nitrogens with zero attached hydrogens (tertiary/aromatic N) is 2. The maximum Gasteiger partial charge on any atom is 0.321 e. The molecule has 0 unspecified atom stereocenters. The number of urea groups is 1. The minimum atomic E-state index is -0.0529. The summed E-state index contributed by atoms with van der Waals surface area (Å²) in [5, 5.41) is 3.00. The lowest BCUT2D eigenvalue weighted by Gasteiger charge is -2.35. The van der Waals surface area contributed by atoms with Gasteiger partial charge in [0.1, 0.15) is 0 Å². The van der Waals surface area contributed by atoms with Gasteiger partial charge in [0.15, 0.2) is 11.5 Å². The summed E-state index contributed by atoms with van der Waals surface area (Å²) >= 11 is 0. The van der Waals surface area contributed by atoms with Crippen molar-refractivity contribution >= 4 is 11.7 Å². The molecule has 0 radical (unpaired) electrons. The van der Waals surface area contributed by atoms with Crippen LogP contribution in [0.25, 0.3) is 0 Å². The Hall–Kier alpha value is -1.95. The summed E-state index contributed by atoms with van der Waals surface area (Å²) in [4.78, 5) is 16.9. The molecule has 1 aromatic carbocycles. The molecular weight excluding hydrogens is 342 g/mol. The highest BCUT2D eigenvalue weighted by Gasteiger charge is 2.21. The molecule has 1 aliphatic rings. The number of ether oxygens (including phenoxy) is 2. The van der Waals surface area contributed by atoms with Gasteiger partial charge in [-0.1, -0.05) is 27.7 Å². The quantitative estimate of drug-likeness (QED) is 0.705. The standard InChI is InChI=1S/C21H35N3O3/c1-5-13-26-19-8-7-18(15-20(19)27-14-6-2)22-21(25)24-11-9-23(10-12-24)16-17(3)4/h7-8,15,17H,5-6,9-14,16H2,1-4H3,(H,22,25). The van der Waals surface area contributed by atoms with Crippen molar-refractivity contribution in [3.05, 3.63) is 18.2 Å². The summed E-state index contributed by atoms with van der Waals surface area (Å²) in [6.07, 6.45) is 1.86. The van der Waals surface area contributed by atoms with E-state index < -0.39 is 0 Å². The first kappa shape index (κ1) is 21.4. The van der Waals surface area contributed by atoms with E-state index in [4.69, 9.17) is 9.47 Å². The highest BCUT2D eigenvalue weighted by Crippen LogP contribution is 2.31. The molecule has 1 saturated heterocycles. The molecule has 27 heavy (non-hydrogen) atoms. The maximum absolute atomic E-state index is 12.6. The first-order valence-electron chi connectivity index (χ1n) is 10.2. The topological polar surface area (TPSA) is 54.0 Å². The largest absolute Gasteiger partial charge is 0.490 e. The van der Waals surface area contributed by atoms with Crippen molar-refractivity contribution in [3.63, 3.8) is 0 Å². The highest BCUT2D eigenvalue weighted by atomic mass is 16.5. The number of carbonyl (C=O) groups is 1. The Morgan fingerprint density at radius 3 is 2.26 bits per heavy atom. The zero-order valence-electron chi connectivity index (χ0n) is 17.3. The van der Waals surface area contributed by atoms with E-state index in [9.17, 15) is 4.79 Å². The van der Waals surface area contributed by atoms with Crippen LogP contribution in [0.1, 0.15) is 40.5 Å². The second-order valence-electron chi connectivity index (χ2n) is 7.47. The second kappa shape index (κ2) is 11.0. The zero-order valence-corrected chi connectivity index (χ0v) is 17.3. The highest BCUT2D eigenvalue weighted by molar-refractivity contribution is 5.89. The lowest BCUT2D eigenvalue weighted by Crippen LogP contribution is -2.50. The zero-order chi connectivity index (χ0) is 19.6. The van der Waals surface area contributed by atoms with E-state index in [1.165, 1.54) is 0 Å². The van der Waals surface area contributed by atoms with Crippen LogP contribution in [0.2, 0.25) is 0 Å². The van der Waals surface area contributed by atoms with E-state index in [-0.39, 0.29) is 6.03 Å². The number of nitrogens with one attached hydrogen (secondary N) is 1. The fourth-order valence-electron chi connectivity index (χ4n) is 3.09. The molecule has 1 heterocycles. The van der Waals surface area contributed by atoms with Crippen LogP contribution in [0.5, 0.6) is 11.5 Å². The number of anilines is 1. The molecule has 0 atom stereocenters. The summed E-state index contributed by atoms with van der Waals surface area (Å²) in [7, 11) is 0. The van der Waals surface area contributed by atoms with Gasteiger partial charge in [-0.3, -0.25) is 4.90 Å². The minimum Gasteiger partial charge on any atom is -0.490 e. The van der Waals surface area contributed by atoms with Gasteiger partial charge in [-0.2, -0.15) is 0 Å². The van der Waals surface area contributed by atoms with Gasteiger partial charge < -0.3 is 19.7 Å². The predicted octanol–water partition coefficient (Wildman–Crippen LogP) is 4.07. The van der Waals surface area contributed by atoms with Crippen molar-refractivity contribution in [3.8, 4) is 11.5 Å². The predicted molar refractivity (Wildman–Crippen MR) is 110 cm³/mol. The number of hydrogen-bond acceptors (Lipinski definition) is 4. The van der Waals surface area contributed by atoms with E-state index in [1.807, 2.05) is 23.1 Å². The van der Waals surface area contributed by atoms with E-state index in [1.54, 1.807) is 0 Å². The van der Waals surface area contributed by atoms with Crippen LogP contribution in [0.3, 0.4) is 0 Å². The van der Waals surface area contributed by atoms with Crippen LogP contribution in [-0.4, -0.2) is 61.8 Å². The van der Waals surface area contributed by atoms with Crippen molar-refractivity contribution in [1.29, 1.82) is 0 Å². The SMILES string of the molecule is CCCOc1ccc(NC(=O)N2CCN(CC(C)C)CC2)cc1OCCC. The summed E-state index contributed by atoms with van der Waals surface area (Å²) in [5.74, 6) is 2.07. The van der Waals surface area contributed by atoms with E-state index >= 15 is 0 Å². The van der Waals surface area contributed by atoms with Gasteiger partial charge in [0.2, 0.25) is 0 Å². The number of piperazine rings is 1. The monoisotopic (exact) mass is 377 g/mol. The number of benzene rings is 1. The molecule has 6 nitrogen and oxygen atoms in total. The van der Waals surface area contributed by atoms with Crippen molar-refractivity contribution in [1.82, 2.24) is 9.80 Å². The minimum absolute atomic E-state index is 0.0529. The smallest absolute Gasteiger partial charge is 0.321 e. The lowest BCUT2D eigenvalue weighted by molar-refractivity contribution is 0.138. The Morgan fingerprint density at radius 2 is 1.67 bits per heavy atom. The fourth-order valence-corrected chi connectivity index (χ4v) is 3.09. The summed E-state index contributed by atoms with van der Waals surface area (Å²) in [5.41, 5.74) is 0.736. The number of amides is 2. The first-order valence-corrected chi connectivity index (χ1v) is 10.2. The molecule has 1 aromatic rings. The van der Waals surface area contributed by atoms with E-state index in [0.29, 0.717) is 24.9 Å². The Kier molecular flexibility index (Phi) is 8.72. The molecule has 0 bridgehead atoms. The average Bonchev–Trinajstić information content (AvgIpc) is 2.65. The second-order valence-corrected chi connectivity index (χ2v) is 7.47. The summed E-state index contributed by atoms with van der Waals surface area (Å²) < 4.78 is 11.6.